The number of benzene rings is 2. The summed E-state index contributed by atoms with van der Waals surface area (Å²) in [6.07, 6.45) is 0. The Morgan fingerprint density at radius 1 is 1.15 bits per heavy atom. The lowest BCUT2D eigenvalue weighted by Gasteiger charge is -2.09. The number of carbonyl (C=O) groups is 2. The monoisotopic (exact) mass is 495 g/mol. The molecule has 11 heteroatoms. The molecule has 3 heterocycles. The van der Waals surface area contributed by atoms with Crippen LogP contribution in [0.4, 0.5) is 0 Å². The molecule has 5 rings (SSSR count). The molecule has 5 aromatic rings. The lowest BCUT2D eigenvalue weighted by atomic mass is 10.1. The van der Waals surface area contributed by atoms with Crippen LogP contribution < -0.4 is 10.9 Å². The van der Waals surface area contributed by atoms with Gasteiger partial charge in [0.05, 0.1) is 15.9 Å². The number of hydrogen-bond acceptors (Lipinski definition) is 7. The summed E-state index contributed by atoms with van der Waals surface area (Å²) in [5.41, 5.74) is 1.37. The van der Waals surface area contributed by atoms with Gasteiger partial charge in [0.1, 0.15) is 11.4 Å². The van der Waals surface area contributed by atoms with Gasteiger partial charge in [-0.3, -0.25) is 23.4 Å². The second-order valence-electron chi connectivity index (χ2n) is 7.72. The number of nitrogens with one attached hydrogen (secondary N) is 1. The molecule has 172 valence electrons. The number of rotatable bonds is 5. The van der Waals surface area contributed by atoms with E-state index in [0.29, 0.717) is 32.4 Å². The molecule has 1 N–H and O–H groups in total. The van der Waals surface area contributed by atoms with Crippen molar-refractivity contribution in [3.05, 3.63) is 74.1 Å². The van der Waals surface area contributed by atoms with Crippen molar-refractivity contribution in [2.45, 2.75) is 13.5 Å². The zero-order valence-electron chi connectivity index (χ0n) is 18.2. The van der Waals surface area contributed by atoms with E-state index < -0.39 is 11.9 Å². The Balaban J connectivity index is 1.31. The van der Waals surface area contributed by atoms with E-state index in [4.69, 9.17) is 16.3 Å². The highest BCUT2D eigenvalue weighted by atomic mass is 35.5. The number of nitrogens with zero attached hydrogens (tertiary/aromatic N) is 4. The van der Waals surface area contributed by atoms with Gasteiger partial charge in [0, 0.05) is 17.1 Å². The van der Waals surface area contributed by atoms with Gasteiger partial charge < -0.3 is 10.1 Å². The summed E-state index contributed by atoms with van der Waals surface area (Å²) >= 11 is 7.58. The highest BCUT2D eigenvalue weighted by molar-refractivity contribution is 7.21. The fourth-order valence-corrected chi connectivity index (χ4v) is 5.17. The van der Waals surface area contributed by atoms with Crippen LogP contribution in [0.3, 0.4) is 0 Å². The van der Waals surface area contributed by atoms with Crippen LogP contribution in [-0.2, 0) is 23.2 Å². The third kappa shape index (κ3) is 3.70. The topological polar surface area (TPSA) is 108 Å². The first-order chi connectivity index (χ1) is 16.3. The fourth-order valence-electron chi connectivity index (χ4n) is 3.74. The standard InChI is InChI=1S/C23H18ClN5O4S/c1-12-7-8-15-14(9-12)22(32)28(2)23-27-26-17(29(15)23)11-33-18(30)10-25-21(31)20-19(24)13-5-3-4-6-16(13)34-20/h3-9H,10-11H2,1-2H3,(H,25,31). The average Bonchev–Trinajstić information content (AvgIpc) is 3.41. The van der Waals surface area contributed by atoms with Gasteiger partial charge in [0.2, 0.25) is 5.78 Å². The molecule has 0 aliphatic carbocycles. The minimum Gasteiger partial charge on any atom is -0.456 e. The van der Waals surface area contributed by atoms with Gasteiger partial charge in [-0.25, -0.2) is 0 Å². The van der Waals surface area contributed by atoms with Crippen molar-refractivity contribution in [1.29, 1.82) is 0 Å². The summed E-state index contributed by atoms with van der Waals surface area (Å²) in [7, 11) is 1.61. The van der Waals surface area contributed by atoms with Crippen molar-refractivity contribution in [3.63, 3.8) is 0 Å². The smallest absolute Gasteiger partial charge is 0.325 e. The summed E-state index contributed by atoms with van der Waals surface area (Å²) in [5, 5.41) is 12.4. The zero-order chi connectivity index (χ0) is 24.0. The molecule has 0 saturated carbocycles. The van der Waals surface area contributed by atoms with Crippen LogP contribution in [-0.4, -0.2) is 37.6 Å². The van der Waals surface area contributed by atoms with Gasteiger partial charge in [-0.1, -0.05) is 41.4 Å². The number of amides is 1. The van der Waals surface area contributed by atoms with E-state index in [1.54, 1.807) is 17.5 Å². The van der Waals surface area contributed by atoms with E-state index in [1.165, 1.54) is 15.9 Å². The van der Waals surface area contributed by atoms with E-state index in [0.717, 1.165) is 15.6 Å². The fraction of sp³-hybridized carbons (Fsp3) is 0.174. The Kier molecular flexibility index (Phi) is 5.54. The number of aryl methyl sites for hydroxylation is 2. The number of halogens is 1. The number of thiophene rings is 1. The lowest BCUT2D eigenvalue weighted by Crippen LogP contribution is -2.30. The predicted molar refractivity (Wildman–Crippen MR) is 129 cm³/mol. The molecule has 0 bridgehead atoms. The van der Waals surface area contributed by atoms with E-state index in [1.807, 2.05) is 43.3 Å². The molecule has 34 heavy (non-hydrogen) atoms. The molecule has 0 fully saturated rings. The zero-order valence-corrected chi connectivity index (χ0v) is 19.7. The molecule has 9 nitrogen and oxygen atoms in total. The molecule has 1 amide bonds. The quantitative estimate of drug-likeness (QED) is 0.375. The first-order valence-corrected chi connectivity index (χ1v) is 11.5. The van der Waals surface area contributed by atoms with Crippen molar-refractivity contribution in [1.82, 2.24) is 24.5 Å². The molecular formula is C23H18ClN5O4S. The van der Waals surface area contributed by atoms with Crippen molar-refractivity contribution < 1.29 is 14.3 Å². The molecule has 3 aromatic heterocycles. The van der Waals surface area contributed by atoms with Crippen LogP contribution >= 0.6 is 22.9 Å². The van der Waals surface area contributed by atoms with E-state index >= 15 is 0 Å². The SMILES string of the molecule is Cc1ccc2c(c1)c(=O)n(C)c1nnc(COC(=O)CNC(=O)c3sc4ccccc4c3Cl)n21. The number of fused-ring (bicyclic) bond motifs is 4. The van der Waals surface area contributed by atoms with E-state index in [2.05, 4.69) is 15.5 Å². The summed E-state index contributed by atoms with van der Waals surface area (Å²) in [6.45, 7) is 1.39. The Hall–Kier alpha value is -3.76. The van der Waals surface area contributed by atoms with Gasteiger partial charge in [-0.2, -0.15) is 0 Å². The second kappa shape index (κ2) is 8.54. The summed E-state index contributed by atoms with van der Waals surface area (Å²) in [5.74, 6) is -0.411. The molecule has 2 aromatic carbocycles. The minimum absolute atomic E-state index is 0.180. The highest BCUT2D eigenvalue weighted by Gasteiger charge is 2.19. The van der Waals surface area contributed by atoms with Crippen molar-refractivity contribution in [2.24, 2.45) is 7.05 Å². The van der Waals surface area contributed by atoms with Crippen LogP contribution in [0.15, 0.2) is 47.3 Å². The first-order valence-electron chi connectivity index (χ1n) is 10.3. The van der Waals surface area contributed by atoms with Crippen LogP contribution in [0, 0.1) is 6.92 Å². The lowest BCUT2D eigenvalue weighted by molar-refractivity contribution is -0.143. The second-order valence-corrected chi connectivity index (χ2v) is 9.15. The summed E-state index contributed by atoms with van der Waals surface area (Å²) in [6, 6.07) is 12.9. The predicted octanol–water partition coefficient (Wildman–Crippen LogP) is 3.23. The first kappa shape index (κ1) is 22.1. The van der Waals surface area contributed by atoms with Crippen molar-refractivity contribution >= 4 is 61.6 Å². The molecule has 0 atom stereocenters. The van der Waals surface area contributed by atoms with Crippen molar-refractivity contribution in [2.75, 3.05) is 6.54 Å². The molecule has 0 aliphatic rings. The normalized spacial score (nSPS) is 11.4. The maximum atomic E-state index is 12.7. The largest absolute Gasteiger partial charge is 0.456 e. The molecular weight excluding hydrogens is 478 g/mol. The maximum absolute atomic E-state index is 12.7. The minimum atomic E-state index is -0.646. The maximum Gasteiger partial charge on any atom is 0.325 e. The third-order valence-corrected chi connectivity index (χ3v) is 7.11. The number of esters is 1. The Morgan fingerprint density at radius 2 is 1.94 bits per heavy atom. The molecule has 0 radical (unpaired) electrons. The van der Waals surface area contributed by atoms with Gasteiger partial charge in [0.25, 0.3) is 11.5 Å². The number of ether oxygens (including phenoxy) is 1. The Labute approximate surface area is 201 Å². The summed E-state index contributed by atoms with van der Waals surface area (Å²) in [4.78, 5) is 37.9. The third-order valence-electron chi connectivity index (χ3n) is 5.44. The van der Waals surface area contributed by atoms with Gasteiger partial charge in [-0.05, 0) is 25.1 Å². The van der Waals surface area contributed by atoms with E-state index in [9.17, 15) is 14.4 Å². The van der Waals surface area contributed by atoms with Crippen LogP contribution in [0.5, 0.6) is 0 Å². The molecule has 0 aliphatic heterocycles. The molecule has 0 saturated heterocycles. The Morgan fingerprint density at radius 3 is 2.74 bits per heavy atom. The van der Waals surface area contributed by atoms with Crippen LogP contribution in [0.1, 0.15) is 21.1 Å². The highest BCUT2D eigenvalue weighted by Crippen LogP contribution is 2.34. The summed E-state index contributed by atoms with van der Waals surface area (Å²) < 4.78 is 9.28. The van der Waals surface area contributed by atoms with Crippen molar-refractivity contribution in [3.8, 4) is 0 Å². The molecule has 0 unspecified atom stereocenters. The van der Waals surface area contributed by atoms with Gasteiger partial charge in [-0.15, -0.1) is 21.5 Å². The number of hydrogen-bond donors (Lipinski definition) is 1. The number of carbonyl (C=O) groups excluding carboxylic acids is 2. The van der Waals surface area contributed by atoms with E-state index in [-0.39, 0.29) is 18.7 Å². The van der Waals surface area contributed by atoms with Crippen LogP contribution in [0.2, 0.25) is 5.02 Å². The number of aromatic nitrogens is 4. The van der Waals surface area contributed by atoms with Crippen LogP contribution in [0.25, 0.3) is 26.8 Å². The Bertz CT molecular complexity index is 1670. The average molecular weight is 496 g/mol. The molecule has 0 spiro atoms. The van der Waals surface area contributed by atoms with Gasteiger partial charge in [0.15, 0.2) is 12.4 Å². The van der Waals surface area contributed by atoms with Gasteiger partial charge >= 0.3 is 5.97 Å².